The number of aromatic amines is 1. The predicted molar refractivity (Wildman–Crippen MR) is 86.9 cm³/mol. The highest BCUT2D eigenvalue weighted by molar-refractivity contribution is 6.32. The van der Waals surface area contributed by atoms with Gasteiger partial charge in [0.2, 0.25) is 0 Å². The van der Waals surface area contributed by atoms with Crippen LogP contribution in [0.15, 0.2) is 48.5 Å². The van der Waals surface area contributed by atoms with Gasteiger partial charge in [-0.15, -0.1) is 0 Å². The summed E-state index contributed by atoms with van der Waals surface area (Å²) in [4.78, 5) is 11.9. The molecule has 0 unspecified atom stereocenters. The average molecular weight is 314 g/mol. The molecule has 0 amide bonds. The van der Waals surface area contributed by atoms with Crippen LogP contribution in [0.5, 0.6) is 0 Å². The lowest BCUT2D eigenvalue weighted by Crippen LogP contribution is -1.89. The van der Waals surface area contributed by atoms with Crippen LogP contribution >= 0.6 is 23.2 Å². The van der Waals surface area contributed by atoms with Gasteiger partial charge >= 0.3 is 0 Å². The number of H-pyrrole nitrogens is 1. The number of nitrogens with zero attached hydrogens (tertiary/aromatic N) is 2. The lowest BCUT2D eigenvalue weighted by Gasteiger charge is -2.04. The first-order valence-corrected chi connectivity index (χ1v) is 7.17. The third kappa shape index (κ3) is 2.15. The molecule has 3 nitrogen and oxygen atoms in total. The van der Waals surface area contributed by atoms with Crippen LogP contribution in [0, 0.1) is 0 Å². The molecule has 3 heterocycles. The van der Waals surface area contributed by atoms with Gasteiger partial charge in [0.25, 0.3) is 0 Å². The number of para-hydroxylation sites is 1. The smallest absolute Gasteiger partial charge is 0.162 e. The molecule has 0 radical (unpaired) electrons. The minimum atomic E-state index is 0.406. The normalized spacial score (nSPS) is 11.3. The molecule has 0 bridgehead atoms. The van der Waals surface area contributed by atoms with Gasteiger partial charge in [-0.1, -0.05) is 41.4 Å². The molecular formula is C16H9Cl2N3. The molecule has 4 aromatic rings. The van der Waals surface area contributed by atoms with Gasteiger partial charge in [0, 0.05) is 27.5 Å². The highest BCUT2D eigenvalue weighted by Crippen LogP contribution is 2.31. The topological polar surface area (TPSA) is 41.6 Å². The van der Waals surface area contributed by atoms with E-state index >= 15 is 0 Å². The van der Waals surface area contributed by atoms with Crippen LogP contribution in [0.4, 0.5) is 0 Å². The summed E-state index contributed by atoms with van der Waals surface area (Å²) in [6, 6.07) is 15.8. The molecule has 0 aliphatic rings. The van der Waals surface area contributed by atoms with Crippen molar-refractivity contribution in [3.05, 3.63) is 58.8 Å². The Bertz CT molecular complexity index is 943. The number of rotatable bonds is 1. The molecule has 0 spiro atoms. The van der Waals surface area contributed by atoms with Crippen molar-refractivity contribution in [2.75, 3.05) is 0 Å². The number of nitrogens with one attached hydrogen (secondary N) is 1. The van der Waals surface area contributed by atoms with Crippen LogP contribution < -0.4 is 0 Å². The fraction of sp³-hybridized carbons (Fsp3) is 0. The number of hydrogen-bond acceptors (Lipinski definition) is 2. The Balaban J connectivity index is 1.96. The Hall–Kier alpha value is -2.10. The Morgan fingerprint density at radius 2 is 1.71 bits per heavy atom. The van der Waals surface area contributed by atoms with E-state index in [0.717, 1.165) is 27.5 Å². The summed E-state index contributed by atoms with van der Waals surface area (Å²) < 4.78 is 0. The van der Waals surface area contributed by atoms with E-state index in [1.807, 2.05) is 30.3 Å². The van der Waals surface area contributed by atoms with Crippen molar-refractivity contribution in [2.24, 2.45) is 0 Å². The summed E-state index contributed by atoms with van der Waals surface area (Å²) in [7, 11) is 0. The summed E-state index contributed by atoms with van der Waals surface area (Å²) in [5.41, 5.74) is 3.40. The minimum absolute atomic E-state index is 0.406. The number of benzene rings is 1. The number of fused-ring (bicyclic) bond motifs is 2. The summed E-state index contributed by atoms with van der Waals surface area (Å²) in [6.45, 7) is 0. The van der Waals surface area contributed by atoms with Crippen LogP contribution in [0.2, 0.25) is 10.3 Å². The summed E-state index contributed by atoms with van der Waals surface area (Å²) in [5.74, 6) is 0. The molecule has 0 atom stereocenters. The van der Waals surface area contributed by atoms with E-state index in [0.29, 0.717) is 16.0 Å². The van der Waals surface area contributed by atoms with Gasteiger partial charge in [-0.3, -0.25) is 0 Å². The second kappa shape index (κ2) is 4.72. The van der Waals surface area contributed by atoms with Gasteiger partial charge in [0.05, 0.1) is 0 Å². The Labute approximate surface area is 130 Å². The van der Waals surface area contributed by atoms with E-state index in [9.17, 15) is 0 Å². The average Bonchev–Trinajstić information content (AvgIpc) is 2.90. The van der Waals surface area contributed by atoms with Gasteiger partial charge in [-0.25, -0.2) is 9.97 Å². The summed E-state index contributed by atoms with van der Waals surface area (Å²) >= 11 is 12.2. The van der Waals surface area contributed by atoms with Crippen molar-refractivity contribution >= 4 is 45.1 Å². The monoisotopic (exact) mass is 313 g/mol. The second-order valence-electron chi connectivity index (χ2n) is 4.78. The maximum atomic E-state index is 6.30. The lowest BCUT2D eigenvalue weighted by molar-refractivity contribution is 1.28. The molecule has 0 fully saturated rings. The zero-order valence-corrected chi connectivity index (χ0v) is 12.3. The quantitative estimate of drug-likeness (QED) is 0.497. The van der Waals surface area contributed by atoms with Crippen LogP contribution in [0.3, 0.4) is 0 Å². The van der Waals surface area contributed by atoms with Gasteiger partial charge < -0.3 is 4.98 Å². The molecule has 21 heavy (non-hydrogen) atoms. The van der Waals surface area contributed by atoms with Crippen LogP contribution in [0.25, 0.3) is 33.2 Å². The predicted octanol–water partition coefficient (Wildman–Crippen LogP) is 5.08. The van der Waals surface area contributed by atoms with Gasteiger partial charge in [-0.2, -0.15) is 0 Å². The van der Waals surface area contributed by atoms with Crippen molar-refractivity contribution in [3.63, 3.8) is 0 Å². The molecule has 1 aromatic carbocycles. The first-order chi connectivity index (χ1) is 10.2. The van der Waals surface area contributed by atoms with Crippen molar-refractivity contribution in [1.29, 1.82) is 0 Å². The van der Waals surface area contributed by atoms with Crippen molar-refractivity contribution < 1.29 is 0 Å². The highest BCUT2D eigenvalue weighted by atomic mass is 35.5. The van der Waals surface area contributed by atoms with E-state index in [1.54, 1.807) is 6.07 Å². The Morgan fingerprint density at radius 3 is 2.57 bits per heavy atom. The lowest BCUT2D eigenvalue weighted by atomic mass is 10.1. The standard InChI is InChI=1S/C16H9Cl2N3/c17-14-6-5-10-7-11(15(18)21-16(10)20-14)13-8-9-3-1-2-4-12(9)19-13/h1-8,19H. The van der Waals surface area contributed by atoms with E-state index in [4.69, 9.17) is 23.2 Å². The molecule has 0 saturated carbocycles. The molecule has 3 aromatic heterocycles. The van der Waals surface area contributed by atoms with Crippen LogP contribution in [-0.2, 0) is 0 Å². The van der Waals surface area contributed by atoms with Crippen molar-refractivity contribution in [3.8, 4) is 11.3 Å². The number of pyridine rings is 2. The summed E-state index contributed by atoms with van der Waals surface area (Å²) in [5, 5.41) is 2.85. The molecule has 0 saturated heterocycles. The number of hydrogen-bond donors (Lipinski definition) is 1. The zero-order valence-electron chi connectivity index (χ0n) is 10.8. The van der Waals surface area contributed by atoms with Crippen molar-refractivity contribution in [1.82, 2.24) is 15.0 Å². The fourth-order valence-corrected chi connectivity index (χ4v) is 2.79. The third-order valence-electron chi connectivity index (χ3n) is 3.42. The molecular weight excluding hydrogens is 305 g/mol. The molecule has 4 rings (SSSR count). The molecule has 1 N–H and O–H groups in total. The van der Waals surface area contributed by atoms with E-state index in [1.165, 1.54) is 0 Å². The highest BCUT2D eigenvalue weighted by Gasteiger charge is 2.11. The first-order valence-electron chi connectivity index (χ1n) is 6.42. The second-order valence-corrected chi connectivity index (χ2v) is 5.52. The zero-order chi connectivity index (χ0) is 14.4. The first kappa shape index (κ1) is 12.6. The molecule has 0 aliphatic heterocycles. The SMILES string of the molecule is Clc1ccc2cc(-c3cc4ccccc4[nH]3)c(Cl)nc2n1. The van der Waals surface area contributed by atoms with E-state index in [-0.39, 0.29) is 0 Å². The van der Waals surface area contributed by atoms with Gasteiger partial charge in [0.1, 0.15) is 10.3 Å². The number of halogens is 2. The van der Waals surface area contributed by atoms with E-state index in [2.05, 4.69) is 27.1 Å². The number of aromatic nitrogens is 3. The van der Waals surface area contributed by atoms with Crippen LogP contribution in [-0.4, -0.2) is 15.0 Å². The molecule has 5 heteroatoms. The fourth-order valence-electron chi connectivity index (χ4n) is 2.41. The van der Waals surface area contributed by atoms with Crippen LogP contribution in [0.1, 0.15) is 0 Å². The van der Waals surface area contributed by atoms with E-state index < -0.39 is 0 Å². The maximum Gasteiger partial charge on any atom is 0.162 e. The molecule has 0 aliphatic carbocycles. The van der Waals surface area contributed by atoms with Gasteiger partial charge in [0.15, 0.2) is 5.65 Å². The van der Waals surface area contributed by atoms with Crippen molar-refractivity contribution in [2.45, 2.75) is 0 Å². The Morgan fingerprint density at radius 1 is 0.857 bits per heavy atom. The third-order valence-corrected chi connectivity index (χ3v) is 3.92. The maximum absolute atomic E-state index is 6.30. The minimum Gasteiger partial charge on any atom is -0.354 e. The Kier molecular flexibility index (Phi) is 2.84. The summed E-state index contributed by atoms with van der Waals surface area (Å²) in [6.07, 6.45) is 0. The van der Waals surface area contributed by atoms with Gasteiger partial charge in [-0.05, 0) is 30.3 Å². The molecule has 102 valence electrons. The largest absolute Gasteiger partial charge is 0.354 e.